The molecule has 2 amide bonds. The molecule has 2 aromatic rings. The monoisotopic (exact) mass is 500 g/mol. The van der Waals surface area contributed by atoms with E-state index in [2.05, 4.69) is 14.8 Å². The second-order valence-electron chi connectivity index (χ2n) is 9.41. The maximum absolute atomic E-state index is 14.1. The second kappa shape index (κ2) is 9.55. The number of hydrogen-bond acceptors (Lipinski definition) is 8. The molecule has 0 saturated heterocycles. The van der Waals surface area contributed by atoms with Crippen LogP contribution in [0.5, 0.6) is 0 Å². The van der Waals surface area contributed by atoms with E-state index < -0.39 is 58.2 Å². The molecule has 0 unspecified atom stereocenters. The molecule has 10 nitrogen and oxygen atoms in total. The second-order valence-corrected chi connectivity index (χ2v) is 9.41. The zero-order valence-electron chi connectivity index (χ0n) is 20.6. The Morgan fingerprint density at radius 1 is 0.971 bits per heavy atom. The first kappa shape index (κ1) is 27.6. The van der Waals surface area contributed by atoms with E-state index in [1.165, 1.54) is 65.5 Å². The van der Waals surface area contributed by atoms with Crippen LogP contribution in [0, 0.1) is 0 Å². The number of methoxy groups -OCH3 is 1. The fourth-order valence-corrected chi connectivity index (χ4v) is 2.76. The zero-order chi connectivity index (χ0) is 26.9. The lowest BCUT2D eigenvalue weighted by Crippen LogP contribution is -2.44. The van der Waals surface area contributed by atoms with E-state index in [4.69, 9.17) is 9.47 Å². The Morgan fingerprint density at radius 3 is 1.86 bits per heavy atom. The summed E-state index contributed by atoms with van der Waals surface area (Å²) in [4.78, 5) is 42.6. The van der Waals surface area contributed by atoms with Gasteiger partial charge in [-0.2, -0.15) is 23.2 Å². The van der Waals surface area contributed by atoms with E-state index in [9.17, 15) is 27.6 Å². The molecule has 192 valence electrons. The van der Waals surface area contributed by atoms with Crippen molar-refractivity contribution in [3.05, 3.63) is 29.6 Å². The largest absolute Gasteiger partial charge is 0.464 e. The van der Waals surface area contributed by atoms with Crippen LogP contribution in [-0.2, 0) is 27.4 Å². The average Bonchev–Trinajstić information content (AvgIpc) is 3.09. The number of imide groups is 1. The number of nitrogens with zero attached hydrogens (tertiary/aromatic N) is 4. The Bertz CT molecular complexity index is 1100. The van der Waals surface area contributed by atoms with Crippen molar-refractivity contribution in [3.63, 3.8) is 0 Å². The van der Waals surface area contributed by atoms with Crippen LogP contribution in [0.4, 0.5) is 28.4 Å². The van der Waals surface area contributed by atoms with Crippen molar-refractivity contribution in [2.75, 3.05) is 12.0 Å². The molecule has 2 rings (SSSR count). The normalized spacial score (nSPS) is 12.2. The fourth-order valence-electron chi connectivity index (χ4n) is 2.76. The van der Waals surface area contributed by atoms with Crippen LogP contribution in [0.1, 0.15) is 57.6 Å². The van der Waals surface area contributed by atoms with Crippen molar-refractivity contribution in [2.45, 2.75) is 58.9 Å². The Balaban J connectivity index is 2.90. The quantitative estimate of drug-likeness (QED) is 0.429. The molecular formula is C22H27F3N4O6. The molecule has 2 aromatic heterocycles. The van der Waals surface area contributed by atoms with Gasteiger partial charge in [-0.05, 0) is 53.7 Å². The van der Waals surface area contributed by atoms with Gasteiger partial charge in [-0.15, -0.1) is 0 Å². The van der Waals surface area contributed by atoms with E-state index in [1.807, 2.05) is 0 Å². The highest BCUT2D eigenvalue weighted by molar-refractivity contribution is 6.13. The highest BCUT2D eigenvalue weighted by Gasteiger charge is 2.41. The van der Waals surface area contributed by atoms with Gasteiger partial charge in [-0.3, -0.25) is 4.68 Å². The first-order valence-electron chi connectivity index (χ1n) is 10.3. The van der Waals surface area contributed by atoms with Crippen LogP contribution < -0.4 is 4.90 Å². The maximum atomic E-state index is 14.1. The molecule has 0 saturated carbocycles. The molecule has 0 bridgehead atoms. The van der Waals surface area contributed by atoms with Crippen molar-refractivity contribution in [2.24, 2.45) is 7.05 Å². The third-order valence-corrected chi connectivity index (χ3v) is 4.04. The fraction of sp³-hybridized carbons (Fsp3) is 0.500. The van der Waals surface area contributed by atoms with Gasteiger partial charge < -0.3 is 14.2 Å². The van der Waals surface area contributed by atoms with Gasteiger partial charge in [0.15, 0.2) is 5.69 Å². The highest BCUT2D eigenvalue weighted by Crippen LogP contribution is 2.39. The maximum Gasteiger partial charge on any atom is 0.424 e. The summed E-state index contributed by atoms with van der Waals surface area (Å²) >= 11 is 0. The molecule has 0 aliphatic heterocycles. The summed E-state index contributed by atoms with van der Waals surface area (Å²) in [6.45, 7) is 8.93. The molecule has 0 radical (unpaired) electrons. The molecule has 0 atom stereocenters. The number of ether oxygens (including phenoxy) is 3. The minimum atomic E-state index is -5.00. The zero-order valence-corrected chi connectivity index (χ0v) is 20.6. The topological polar surface area (TPSA) is 113 Å². The smallest absolute Gasteiger partial charge is 0.424 e. The van der Waals surface area contributed by atoms with Crippen molar-refractivity contribution in [3.8, 4) is 11.4 Å². The van der Waals surface area contributed by atoms with Crippen molar-refractivity contribution in [1.82, 2.24) is 14.8 Å². The summed E-state index contributed by atoms with van der Waals surface area (Å²) in [6, 6.07) is 1.70. The molecule has 0 aliphatic rings. The third-order valence-electron chi connectivity index (χ3n) is 4.04. The molecule has 2 heterocycles. The van der Waals surface area contributed by atoms with Gasteiger partial charge >= 0.3 is 24.3 Å². The summed E-state index contributed by atoms with van der Waals surface area (Å²) in [7, 11) is 2.45. The lowest BCUT2D eigenvalue weighted by Gasteiger charge is -2.29. The third kappa shape index (κ3) is 6.93. The van der Waals surface area contributed by atoms with Gasteiger partial charge in [0.1, 0.15) is 22.6 Å². The minimum absolute atomic E-state index is 0.188. The molecule has 0 fully saturated rings. The molecule has 0 N–H and O–H groups in total. The average molecular weight is 500 g/mol. The minimum Gasteiger partial charge on any atom is -0.464 e. The first-order valence-corrected chi connectivity index (χ1v) is 10.3. The Kier molecular flexibility index (Phi) is 7.53. The van der Waals surface area contributed by atoms with Crippen LogP contribution in [-0.4, -0.2) is 51.2 Å². The number of aromatic nitrogens is 3. The van der Waals surface area contributed by atoms with E-state index >= 15 is 0 Å². The molecule has 0 aliphatic carbocycles. The van der Waals surface area contributed by atoms with Crippen LogP contribution >= 0.6 is 0 Å². The summed E-state index contributed by atoms with van der Waals surface area (Å²) < 4.78 is 58.6. The van der Waals surface area contributed by atoms with Gasteiger partial charge in [0.05, 0.1) is 18.4 Å². The van der Waals surface area contributed by atoms with Gasteiger partial charge in [-0.1, -0.05) is 0 Å². The van der Waals surface area contributed by atoms with E-state index in [1.54, 1.807) is 0 Å². The van der Waals surface area contributed by atoms with Crippen molar-refractivity contribution < 1.29 is 41.8 Å². The van der Waals surface area contributed by atoms with Gasteiger partial charge in [0, 0.05) is 13.2 Å². The number of rotatable bonds is 3. The van der Waals surface area contributed by atoms with Gasteiger partial charge in [-0.25, -0.2) is 19.4 Å². The van der Waals surface area contributed by atoms with E-state index in [0.717, 1.165) is 7.11 Å². The molecular weight excluding hydrogens is 473 g/mol. The molecule has 0 spiro atoms. The summed E-state index contributed by atoms with van der Waals surface area (Å²) in [5, 5.41) is 3.93. The number of aryl methyl sites for hydroxylation is 1. The van der Waals surface area contributed by atoms with Crippen LogP contribution in [0.15, 0.2) is 18.3 Å². The molecule has 35 heavy (non-hydrogen) atoms. The molecule has 13 heteroatoms. The predicted molar refractivity (Wildman–Crippen MR) is 118 cm³/mol. The highest BCUT2D eigenvalue weighted by atomic mass is 19.4. The van der Waals surface area contributed by atoms with Crippen LogP contribution in [0.25, 0.3) is 11.4 Å². The number of hydrogen-bond donors (Lipinski definition) is 0. The first-order chi connectivity index (χ1) is 15.8. The number of carbonyl (C=O) groups excluding carboxylic acids is 3. The lowest BCUT2D eigenvalue weighted by atomic mass is 10.1. The van der Waals surface area contributed by atoms with E-state index in [0.29, 0.717) is 6.07 Å². The number of halogens is 3. The Morgan fingerprint density at radius 2 is 1.49 bits per heavy atom. The lowest BCUT2D eigenvalue weighted by molar-refractivity contribution is -0.137. The number of pyridine rings is 1. The van der Waals surface area contributed by atoms with E-state index in [-0.39, 0.29) is 10.6 Å². The summed E-state index contributed by atoms with van der Waals surface area (Å²) in [6.07, 6.45) is -6.37. The Labute approximate surface area is 200 Å². The number of anilines is 1. The summed E-state index contributed by atoms with van der Waals surface area (Å²) in [5.74, 6) is -1.21. The number of carbonyl (C=O) groups is 3. The Hall–Kier alpha value is -3.64. The predicted octanol–water partition coefficient (Wildman–Crippen LogP) is 4.96. The number of esters is 1. The SMILES string of the molecule is COC(=O)c1nc(-c2ccn(C)n2)c(C(F)(F)F)cc1N(C(=O)OC(C)(C)C)C(=O)OC(C)(C)C. The standard InChI is InChI=1S/C22H27F3N4O6/c1-20(2,3)34-18(31)29(19(32)35-21(4,5)6)14-11-12(22(23,24)25)15(13-9-10-28(7)27-13)26-16(14)17(30)33-8/h9-11H,1-8H3. The number of amides is 2. The molecule has 0 aromatic carbocycles. The summed E-state index contributed by atoms with van der Waals surface area (Å²) in [5.41, 5.74) is -6.11. The van der Waals surface area contributed by atoms with Crippen molar-refractivity contribution >= 4 is 23.8 Å². The van der Waals surface area contributed by atoms with Crippen molar-refractivity contribution in [1.29, 1.82) is 0 Å². The van der Waals surface area contributed by atoms with Crippen LogP contribution in [0.2, 0.25) is 0 Å². The van der Waals surface area contributed by atoms with Gasteiger partial charge in [0.25, 0.3) is 0 Å². The van der Waals surface area contributed by atoms with Crippen LogP contribution in [0.3, 0.4) is 0 Å². The number of alkyl halides is 3. The van der Waals surface area contributed by atoms with Gasteiger partial charge in [0.2, 0.25) is 0 Å².